The lowest BCUT2D eigenvalue weighted by Crippen LogP contribution is -2.58. The van der Waals surface area contributed by atoms with Crippen LogP contribution in [0.5, 0.6) is 5.88 Å². The summed E-state index contributed by atoms with van der Waals surface area (Å²) in [7, 11) is 0. The summed E-state index contributed by atoms with van der Waals surface area (Å²) in [5.41, 5.74) is 0.730. The fraction of sp³-hybridized carbons (Fsp3) is 0.762. The first-order chi connectivity index (χ1) is 13.1. The number of nitrogens with one attached hydrogen (secondary N) is 2. The Labute approximate surface area is 167 Å². The molecule has 1 heterocycles. The van der Waals surface area contributed by atoms with Crippen molar-refractivity contribution in [3.05, 3.63) is 16.4 Å². The van der Waals surface area contributed by atoms with Crippen molar-refractivity contribution in [3.63, 3.8) is 0 Å². The predicted molar refractivity (Wildman–Crippen MR) is 110 cm³/mol. The SMILES string of the molecule is CCOc1nn(CC(=O)NC(C)C)c(=O)cc1N[C@@H]1C[C@@H]2C[C@H]([C@H]1C)C2(C)C. The molecule has 1 amide bonds. The first-order valence-corrected chi connectivity index (χ1v) is 10.4. The molecule has 3 saturated carbocycles. The van der Waals surface area contributed by atoms with E-state index < -0.39 is 0 Å². The van der Waals surface area contributed by atoms with E-state index >= 15 is 0 Å². The van der Waals surface area contributed by atoms with Gasteiger partial charge in [0.25, 0.3) is 11.4 Å². The van der Waals surface area contributed by atoms with E-state index in [0.29, 0.717) is 41.5 Å². The molecule has 2 bridgehead atoms. The number of carbonyl (C=O) groups is 1. The van der Waals surface area contributed by atoms with Crippen LogP contribution in [-0.2, 0) is 11.3 Å². The number of fused-ring (bicyclic) bond motifs is 2. The van der Waals surface area contributed by atoms with E-state index in [0.717, 1.165) is 12.3 Å². The van der Waals surface area contributed by atoms with E-state index in [4.69, 9.17) is 4.74 Å². The third-order valence-electron chi connectivity index (χ3n) is 6.68. The summed E-state index contributed by atoms with van der Waals surface area (Å²) in [6, 6.07) is 1.83. The molecule has 4 atom stereocenters. The Kier molecular flexibility index (Phi) is 5.73. The molecule has 0 aromatic carbocycles. The zero-order chi connectivity index (χ0) is 20.6. The van der Waals surface area contributed by atoms with E-state index in [2.05, 4.69) is 36.5 Å². The molecule has 7 heteroatoms. The van der Waals surface area contributed by atoms with Gasteiger partial charge in [-0.25, -0.2) is 4.68 Å². The Morgan fingerprint density at radius 1 is 1.39 bits per heavy atom. The second-order valence-electron chi connectivity index (χ2n) is 9.22. The van der Waals surface area contributed by atoms with Crippen LogP contribution >= 0.6 is 0 Å². The van der Waals surface area contributed by atoms with Crippen LogP contribution in [0, 0.1) is 23.2 Å². The maximum atomic E-state index is 12.5. The molecule has 1 aromatic heterocycles. The quantitative estimate of drug-likeness (QED) is 0.748. The van der Waals surface area contributed by atoms with Gasteiger partial charge >= 0.3 is 0 Å². The van der Waals surface area contributed by atoms with Crippen molar-refractivity contribution in [2.45, 2.75) is 73.0 Å². The van der Waals surface area contributed by atoms with Crippen LogP contribution in [0.2, 0.25) is 0 Å². The summed E-state index contributed by atoms with van der Waals surface area (Å²) in [6.45, 7) is 13.0. The van der Waals surface area contributed by atoms with Crippen molar-refractivity contribution < 1.29 is 9.53 Å². The summed E-state index contributed by atoms with van der Waals surface area (Å²) < 4.78 is 6.85. The topological polar surface area (TPSA) is 85.2 Å². The number of anilines is 1. The summed E-state index contributed by atoms with van der Waals surface area (Å²) in [6.07, 6.45) is 2.39. The predicted octanol–water partition coefficient (Wildman–Crippen LogP) is 2.65. The van der Waals surface area contributed by atoms with Gasteiger partial charge in [0.15, 0.2) is 0 Å². The molecule has 3 aliphatic rings. The van der Waals surface area contributed by atoms with Gasteiger partial charge in [0.1, 0.15) is 12.2 Å². The van der Waals surface area contributed by atoms with Gasteiger partial charge in [-0.1, -0.05) is 20.8 Å². The number of hydrogen-bond donors (Lipinski definition) is 2. The van der Waals surface area contributed by atoms with E-state index in [1.54, 1.807) is 0 Å². The highest BCUT2D eigenvalue weighted by atomic mass is 16.5. The van der Waals surface area contributed by atoms with Crippen molar-refractivity contribution in [2.75, 3.05) is 11.9 Å². The Bertz CT molecular complexity index is 786. The van der Waals surface area contributed by atoms with Crippen molar-refractivity contribution in [2.24, 2.45) is 23.2 Å². The van der Waals surface area contributed by atoms with Crippen LogP contribution < -0.4 is 20.9 Å². The standard InChI is InChI=1S/C21H34N4O3/c1-7-28-20-17(10-19(27)25(24-20)11-18(26)22-12(2)3)23-16-9-14-8-15(13(16)4)21(14,5)6/h10,12-16,23H,7-9,11H2,1-6H3,(H,22,26)/t13-,14+,15-,16-/m1/s1. The third kappa shape index (κ3) is 3.89. The smallest absolute Gasteiger partial charge is 0.269 e. The Balaban J connectivity index is 1.79. The van der Waals surface area contributed by atoms with E-state index in [9.17, 15) is 9.59 Å². The van der Waals surface area contributed by atoms with Gasteiger partial charge < -0.3 is 15.4 Å². The van der Waals surface area contributed by atoms with Gasteiger partial charge in [0.05, 0.1) is 6.61 Å². The first kappa shape index (κ1) is 20.7. The Morgan fingerprint density at radius 3 is 2.68 bits per heavy atom. The molecule has 0 unspecified atom stereocenters. The minimum Gasteiger partial charge on any atom is -0.475 e. The second-order valence-corrected chi connectivity index (χ2v) is 9.22. The van der Waals surface area contributed by atoms with Crippen LogP contribution in [0.4, 0.5) is 5.69 Å². The van der Waals surface area contributed by atoms with Gasteiger partial charge in [-0.3, -0.25) is 9.59 Å². The van der Waals surface area contributed by atoms with Gasteiger partial charge in [0.2, 0.25) is 5.91 Å². The molecular formula is C21H34N4O3. The summed E-state index contributed by atoms with van der Waals surface area (Å²) in [4.78, 5) is 24.6. The van der Waals surface area contributed by atoms with Crippen LogP contribution in [0.3, 0.4) is 0 Å². The maximum absolute atomic E-state index is 12.5. The number of carbonyl (C=O) groups excluding carboxylic acids is 1. The molecule has 0 aliphatic heterocycles. The van der Waals surface area contributed by atoms with Crippen molar-refractivity contribution in [1.82, 2.24) is 15.1 Å². The Morgan fingerprint density at radius 2 is 2.11 bits per heavy atom. The van der Waals surface area contributed by atoms with Gasteiger partial charge in [-0.05, 0) is 56.8 Å². The molecular weight excluding hydrogens is 356 g/mol. The molecule has 7 nitrogen and oxygen atoms in total. The maximum Gasteiger partial charge on any atom is 0.269 e. The first-order valence-electron chi connectivity index (χ1n) is 10.4. The minimum absolute atomic E-state index is 0.0129. The molecule has 156 valence electrons. The highest BCUT2D eigenvalue weighted by Crippen LogP contribution is 2.61. The van der Waals surface area contributed by atoms with E-state index in [-0.39, 0.29) is 24.1 Å². The Hall–Kier alpha value is -2.05. The average molecular weight is 391 g/mol. The molecule has 0 saturated heterocycles. The van der Waals surface area contributed by atoms with Gasteiger partial charge in [-0.2, -0.15) is 0 Å². The van der Waals surface area contributed by atoms with Crippen LogP contribution in [-0.4, -0.2) is 34.4 Å². The van der Waals surface area contributed by atoms with Gasteiger partial charge in [0, 0.05) is 18.2 Å². The molecule has 3 fully saturated rings. The number of hydrogen-bond acceptors (Lipinski definition) is 5. The lowest BCUT2D eigenvalue weighted by atomic mass is 9.45. The van der Waals surface area contributed by atoms with E-state index in [1.165, 1.54) is 17.2 Å². The average Bonchev–Trinajstić information content (AvgIpc) is 2.59. The summed E-state index contributed by atoms with van der Waals surface area (Å²) in [5, 5.41) is 10.6. The third-order valence-corrected chi connectivity index (χ3v) is 6.68. The number of aromatic nitrogens is 2. The zero-order valence-electron chi connectivity index (χ0n) is 17.9. The summed E-state index contributed by atoms with van der Waals surface area (Å²) in [5.74, 6) is 2.08. The highest BCUT2D eigenvalue weighted by molar-refractivity contribution is 5.75. The van der Waals surface area contributed by atoms with Crippen LogP contribution in [0.1, 0.15) is 54.4 Å². The molecule has 1 aromatic rings. The molecule has 28 heavy (non-hydrogen) atoms. The molecule has 0 radical (unpaired) electrons. The lowest BCUT2D eigenvalue weighted by Gasteiger charge is -2.62. The van der Waals surface area contributed by atoms with Gasteiger partial charge in [-0.15, -0.1) is 5.10 Å². The van der Waals surface area contributed by atoms with E-state index in [1.807, 2.05) is 20.8 Å². The summed E-state index contributed by atoms with van der Waals surface area (Å²) >= 11 is 0. The number of amides is 1. The number of nitrogens with zero attached hydrogens (tertiary/aromatic N) is 2. The number of rotatable bonds is 7. The fourth-order valence-corrected chi connectivity index (χ4v) is 4.98. The molecule has 3 aliphatic carbocycles. The normalized spacial score (nSPS) is 27.8. The van der Waals surface area contributed by atoms with Crippen molar-refractivity contribution in [3.8, 4) is 5.88 Å². The monoisotopic (exact) mass is 390 g/mol. The van der Waals surface area contributed by atoms with Crippen LogP contribution in [0.25, 0.3) is 0 Å². The second kappa shape index (κ2) is 7.76. The van der Waals surface area contributed by atoms with Crippen molar-refractivity contribution in [1.29, 1.82) is 0 Å². The van der Waals surface area contributed by atoms with Crippen LogP contribution in [0.15, 0.2) is 10.9 Å². The zero-order valence-corrected chi connectivity index (χ0v) is 17.9. The highest BCUT2D eigenvalue weighted by Gasteiger charge is 2.56. The lowest BCUT2D eigenvalue weighted by molar-refractivity contribution is -0.122. The minimum atomic E-state index is -0.307. The molecule has 4 rings (SSSR count). The molecule has 2 N–H and O–H groups in total. The van der Waals surface area contributed by atoms with Crippen molar-refractivity contribution >= 4 is 11.6 Å². The molecule has 0 spiro atoms. The number of ether oxygens (including phenoxy) is 1. The largest absolute Gasteiger partial charge is 0.475 e. The fourth-order valence-electron chi connectivity index (χ4n) is 4.98.